The zero-order valence-corrected chi connectivity index (χ0v) is 12.3. The summed E-state index contributed by atoms with van der Waals surface area (Å²) in [5, 5.41) is 0.655. The lowest BCUT2D eigenvalue weighted by Crippen LogP contribution is -2.29. The lowest BCUT2D eigenvalue weighted by molar-refractivity contribution is 0.0747. The fourth-order valence-corrected chi connectivity index (χ4v) is 5.12. The Labute approximate surface area is 128 Å². The van der Waals surface area contributed by atoms with E-state index in [1.54, 1.807) is 12.1 Å². The maximum atomic E-state index is 13.3. The maximum Gasteiger partial charge on any atom is 0.289 e. The van der Waals surface area contributed by atoms with Crippen LogP contribution in [0.1, 0.15) is 29.8 Å². The average molecular weight is 299 g/mol. The van der Waals surface area contributed by atoms with Crippen LogP contribution < -0.4 is 0 Å². The highest BCUT2D eigenvalue weighted by molar-refractivity contribution is 5.96. The van der Waals surface area contributed by atoms with Gasteiger partial charge in [0.05, 0.1) is 0 Å². The third-order valence-corrected chi connectivity index (χ3v) is 6.11. The number of rotatable bonds is 1. The second-order valence-corrected chi connectivity index (χ2v) is 7.16. The van der Waals surface area contributed by atoms with Crippen LogP contribution >= 0.6 is 0 Å². The summed E-state index contributed by atoms with van der Waals surface area (Å²) in [5.74, 6) is 3.06. The summed E-state index contributed by atoms with van der Waals surface area (Å²) >= 11 is 0. The summed E-state index contributed by atoms with van der Waals surface area (Å²) in [6.07, 6.45) is 4.07. The third kappa shape index (κ3) is 1.70. The van der Waals surface area contributed by atoms with Crippen molar-refractivity contribution in [2.24, 2.45) is 23.7 Å². The molecule has 1 amide bonds. The Kier molecular flexibility index (Phi) is 2.50. The van der Waals surface area contributed by atoms with E-state index < -0.39 is 0 Å². The van der Waals surface area contributed by atoms with E-state index in [0.717, 1.165) is 24.9 Å². The summed E-state index contributed by atoms with van der Waals surface area (Å²) in [6.45, 7) is 1.74. The minimum atomic E-state index is -0.306. The van der Waals surface area contributed by atoms with Crippen LogP contribution in [0.5, 0.6) is 0 Å². The van der Waals surface area contributed by atoms with Crippen LogP contribution in [-0.4, -0.2) is 23.9 Å². The molecule has 5 rings (SSSR count). The molecule has 3 nitrogen and oxygen atoms in total. The molecule has 1 aliphatic heterocycles. The molecular weight excluding hydrogens is 281 g/mol. The fraction of sp³-hybridized carbons (Fsp3) is 0.500. The molecule has 2 aliphatic carbocycles. The number of amides is 1. The van der Waals surface area contributed by atoms with Gasteiger partial charge in [0, 0.05) is 18.5 Å². The normalized spacial score (nSPS) is 32.9. The summed E-state index contributed by atoms with van der Waals surface area (Å²) in [5.41, 5.74) is 0.573. The molecule has 3 aliphatic rings. The van der Waals surface area contributed by atoms with Crippen molar-refractivity contribution < 1.29 is 13.6 Å². The molecule has 2 aromatic rings. The maximum absolute atomic E-state index is 13.3. The van der Waals surface area contributed by atoms with E-state index in [-0.39, 0.29) is 11.7 Å². The van der Waals surface area contributed by atoms with Crippen molar-refractivity contribution in [3.05, 3.63) is 35.8 Å². The van der Waals surface area contributed by atoms with Crippen molar-refractivity contribution in [1.29, 1.82) is 0 Å². The molecule has 22 heavy (non-hydrogen) atoms. The lowest BCUT2D eigenvalue weighted by Gasteiger charge is -2.22. The van der Waals surface area contributed by atoms with Crippen LogP contribution in [0.3, 0.4) is 0 Å². The molecule has 2 saturated carbocycles. The largest absolute Gasteiger partial charge is 0.451 e. The molecule has 0 spiro atoms. The highest BCUT2D eigenvalue weighted by atomic mass is 19.1. The Morgan fingerprint density at radius 1 is 1.14 bits per heavy atom. The molecule has 2 bridgehead atoms. The lowest BCUT2D eigenvalue weighted by atomic mass is 9.82. The van der Waals surface area contributed by atoms with E-state index in [1.165, 1.54) is 31.4 Å². The van der Waals surface area contributed by atoms with Gasteiger partial charge in [-0.1, -0.05) is 0 Å². The summed E-state index contributed by atoms with van der Waals surface area (Å²) < 4.78 is 18.9. The molecular formula is C18H18FNO2. The summed E-state index contributed by atoms with van der Waals surface area (Å²) in [7, 11) is 0. The van der Waals surface area contributed by atoms with Crippen molar-refractivity contribution in [2.45, 2.75) is 19.3 Å². The van der Waals surface area contributed by atoms with E-state index in [1.807, 2.05) is 4.90 Å². The molecule has 4 atom stereocenters. The number of nitrogens with zero attached hydrogens (tertiary/aromatic N) is 1. The van der Waals surface area contributed by atoms with Crippen LogP contribution in [0, 0.1) is 29.5 Å². The molecule has 1 aromatic heterocycles. The zero-order valence-electron chi connectivity index (χ0n) is 12.3. The Bertz CT molecular complexity index is 750. The fourth-order valence-electron chi connectivity index (χ4n) is 5.12. The van der Waals surface area contributed by atoms with E-state index in [2.05, 4.69) is 0 Å². The van der Waals surface area contributed by atoms with Gasteiger partial charge in [0.25, 0.3) is 5.91 Å². The number of benzene rings is 1. The number of hydrogen-bond acceptors (Lipinski definition) is 2. The second kappa shape index (κ2) is 4.34. The van der Waals surface area contributed by atoms with Gasteiger partial charge < -0.3 is 9.32 Å². The van der Waals surface area contributed by atoms with Crippen LogP contribution in [-0.2, 0) is 0 Å². The molecule has 1 saturated heterocycles. The Morgan fingerprint density at radius 3 is 2.59 bits per heavy atom. The monoisotopic (exact) mass is 299 g/mol. The minimum absolute atomic E-state index is 0.0367. The number of halogens is 1. The molecule has 0 N–H and O–H groups in total. The quantitative estimate of drug-likeness (QED) is 0.804. The van der Waals surface area contributed by atoms with Gasteiger partial charge in [0.2, 0.25) is 0 Å². The smallest absolute Gasteiger partial charge is 0.289 e. The molecule has 0 unspecified atom stereocenters. The van der Waals surface area contributed by atoms with Gasteiger partial charge in [-0.2, -0.15) is 0 Å². The van der Waals surface area contributed by atoms with E-state index >= 15 is 0 Å². The van der Waals surface area contributed by atoms with Crippen molar-refractivity contribution in [3.63, 3.8) is 0 Å². The van der Waals surface area contributed by atoms with Crippen LogP contribution in [0.2, 0.25) is 0 Å². The summed E-state index contributed by atoms with van der Waals surface area (Å²) in [6, 6.07) is 6.02. The van der Waals surface area contributed by atoms with Crippen molar-refractivity contribution >= 4 is 16.9 Å². The summed E-state index contributed by atoms with van der Waals surface area (Å²) in [4.78, 5) is 14.7. The average Bonchev–Trinajstić information content (AvgIpc) is 3.25. The van der Waals surface area contributed by atoms with Crippen molar-refractivity contribution in [2.75, 3.05) is 13.1 Å². The number of fused-ring (bicyclic) bond motifs is 6. The first-order valence-electron chi connectivity index (χ1n) is 8.17. The van der Waals surface area contributed by atoms with E-state index in [4.69, 9.17) is 4.42 Å². The van der Waals surface area contributed by atoms with Gasteiger partial charge >= 0.3 is 0 Å². The van der Waals surface area contributed by atoms with Gasteiger partial charge in [-0.3, -0.25) is 4.79 Å². The molecule has 4 heteroatoms. The van der Waals surface area contributed by atoms with Gasteiger partial charge in [-0.15, -0.1) is 0 Å². The van der Waals surface area contributed by atoms with Crippen LogP contribution in [0.15, 0.2) is 28.7 Å². The van der Waals surface area contributed by atoms with Gasteiger partial charge in [-0.05, 0) is 67.2 Å². The van der Waals surface area contributed by atoms with Gasteiger partial charge in [-0.25, -0.2) is 4.39 Å². The first kappa shape index (κ1) is 12.7. The molecule has 1 aromatic carbocycles. The number of carbonyl (C=O) groups is 1. The minimum Gasteiger partial charge on any atom is -0.451 e. The Hall–Kier alpha value is -1.84. The van der Waals surface area contributed by atoms with Gasteiger partial charge in [0.15, 0.2) is 5.76 Å². The topological polar surface area (TPSA) is 33.5 Å². The molecule has 0 radical (unpaired) electrons. The number of likely N-dealkylation sites (tertiary alicyclic amines) is 1. The Morgan fingerprint density at radius 2 is 1.86 bits per heavy atom. The Balaban J connectivity index is 1.42. The highest BCUT2D eigenvalue weighted by Gasteiger charge is 2.52. The van der Waals surface area contributed by atoms with E-state index in [9.17, 15) is 9.18 Å². The highest BCUT2D eigenvalue weighted by Crippen LogP contribution is 2.55. The molecule has 114 valence electrons. The predicted molar refractivity (Wildman–Crippen MR) is 79.9 cm³/mol. The standard InChI is InChI=1S/C18H18FNO2/c19-13-3-4-16-12(6-13)7-17(22-16)18(21)20-8-14-10-1-2-11(5-10)15(14)9-20/h3-4,6-7,10-11,14-15H,1-2,5,8-9H2/t10-,11+,14-,15+. The van der Waals surface area contributed by atoms with Gasteiger partial charge in [0.1, 0.15) is 11.4 Å². The SMILES string of the molecule is O=C(c1cc2cc(F)ccc2o1)N1C[C@@H]2[C@@H]3CC[C@@H](C3)[C@@H]2C1. The first-order chi connectivity index (χ1) is 10.7. The van der Waals surface area contributed by atoms with E-state index in [0.29, 0.717) is 28.6 Å². The van der Waals surface area contributed by atoms with Crippen molar-refractivity contribution in [3.8, 4) is 0 Å². The third-order valence-electron chi connectivity index (χ3n) is 6.11. The second-order valence-electron chi connectivity index (χ2n) is 7.16. The number of carbonyl (C=O) groups excluding carboxylic acids is 1. The zero-order chi connectivity index (χ0) is 14.8. The molecule has 3 fully saturated rings. The number of hydrogen-bond donors (Lipinski definition) is 0. The first-order valence-corrected chi connectivity index (χ1v) is 8.17. The predicted octanol–water partition coefficient (Wildman–Crippen LogP) is 3.69. The van der Waals surface area contributed by atoms with Crippen LogP contribution in [0.4, 0.5) is 4.39 Å². The molecule has 2 heterocycles. The van der Waals surface area contributed by atoms with Crippen molar-refractivity contribution in [1.82, 2.24) is 4.90 Å². The number of furan rings is 1. The van der Waals surface area contributed by atoms with Crippen LogP contribution in [0.25, 0.3) is 11.0 Å².